The summed E-state index contributed by atoms with van der Waals surface area (Å²) >= 11 is 0. The second kappa shape index (κ2) is 10.0. The Bertz CT molecular complexity index is 1280. The number of ether oxygens (including phenoxy) is 1. The number of amides is 1. The molecule has 182 valence electrons. The van der Waals surface area contributed by atoms with E-state index in [0.29, 0.717) is 12.0 Å². The number of benzene rings is 2. The minimum atomic E-state index is -0.477. The number of carbonyl (C=O) groups is 2. The predicted molar refractivity (Wildman–Crippen MR) is 141 cm³/mol. The average molecular weight is 471 g/mol. The fourth-order valence-electron chi connectivity index (χ4n) is 4.41. The Kier molecular flexibility index (Phi) is 7.06. The van der Waals surface area contributed by atoms with Crippen LogP contribution in [-0.4, -0.2) is 29.5 Å². The Morgan fingerprint density at radius 1 is 1.09 bits per heavy atom. The van der Waals surface area contributed by atoms with Gasteiger partial charge in [-0.25, -0.2) is 9.78 Å². The molecule has 35 heavy (non-hydrogen) atoms. The van der Waals surface area contributed by atoms with Gasteiger partial charge in [-0.05, 0) is 66.0 Å². The van der Waals surface area contributed by atoms with E-state index in [0.717, 1.165) is 46.1 Å². The molecule has 2 aromatic carbocycles. The van der Waals surface area contributed by atoms with E-state index >= 15 is 0 Å². The highest BCUT2D eigenvalue weighted by Gasteiger charge is 2.28. The van der Waals surface area contributed by atoms with Crippen molar-refractivity contribution in [2.45, 2.75) is 65.3 Å². The Hall–Kier alpha value is -3.47. The maximum Gasteiger partial charge on any atom is 0.339 e. The first-order valence-corrected chi connectivity index (χ1v) is 12.4. The van der Waals surface area contributed by atoms with Crippen LogP contribution in [0.4, 0.5) is 0 Å². The molecule has 0 aliphatic heterocycles. The second-order valence-corrected chi connectivity index (χ2v) is 10.3. The zero-order valence-electron chi connectivity index (χ0n) is 21.3. The Labute approximate surface area is 207 Å². The van der Waals surface area contributed by atoms with E-state index in [9.17, 15) is 9.59 Å². The van der Waals surface area contributed by atoms with Crippen LogP contribution in [0.3, 0.4) is 0 Å². The van der Waals surface area contributed by atoms with Crippen molar-refractivity contribution < 1.29 is 14.3 Å². The Morgan fingerprint density at radius 2 is 1.80 bits per heavy atom. The first-order chi connectivity index (χ1) is 16.7. The van der Waals surface area contributed by atoms with Crippen LogP contribution in [0.1, 0.15) is 80.2 Å². The lowest BCUT2D eigenvalue weighted by Crippen LogP contribution is -2.35. The van der Waals surface area contributed by atoms with Gasteiger partial charge in [-0.2, -0.15) is 0 Å². The number of allylic oxidation sites excluding steroid dienone is 1. The summed E-state index contributed by atoms with van der Waals surface area (Å²) in [6.07, 6.45) is 4.49. The van der Waals surface area contributed by atoms with Gasteiger partial charge in [-0.15, -0.1) is 0 Å². The summed E-state index contributed by atoms with van der Waals surface area (Å²) in [5, 5.41) is 3.59. The largest absolute Gasteiger partial charge is 0.452 e. The molecule has 1 aliphatic carbocycles. The number of rotatable bonds is 6. The summed E-state index contributed by atoms with van der Waals surface area (Å²) in [6, 6.07) is 16.3. The van der Waals surface area contributed by atoms with Gasteiger partial charge in [0, 0.05) is 11.4 Å². The van der Waals surface area contributed by atoms with Gasteiger partial charge in [0.1, 0.15) is 0 Å². The van der Waals surface area contributed by atoms with Crippen LogP contribution >= 0.6 is 0 Å². The van der Waals surface area contributed by atoms with E-state index in [-0.39, 0.29) is 24.0 Å². The number of hydrogen-bond acceptors (Lipinski definition) is 4. The molecule has 0 saturated heterocycles. The van der Waals surface area contributed by atoms with Crippen LogP contribution in [0.15, 0.2) is 48.5 Å². The van der Waals surface area contributed by atoms with Crippen molar-refractivity contribution in [1.82, 2.24) is 10.3 Å². The summed E-state index contributed by atoms with van der Waals surface area (Å²) in [5.41, 5.74) is 6.63. The smallest absolute Gasteiger partial charge is 0.339 e. The first kappa shape index (κ1) is 24.6. The molecule has 1 aromatic heterocycles. The van der Waals surface area contributed by atoms with Gasteiger partial charge in [0.25, 0.3) is 5.91 Å². The summed E-state index contributed by atoms with van der Waals surface area (Å²) in [4.78, 5) is 30.3. The maximum atomic E-state index is 13.2. The van der Waals surface area contributed by atoms with Crippen LogP contribution in [0.25, 0.3) is 22.6 Å². The van der Waals surface area contributed by atoms with Crippen molar-refractivity contribution in [3.05, 3.63) is 76.5 Å². The van der Waals surface area contributed by atoms with E-state index in [1.165, 1.54) is 5.56 Å². The molecule has 1 aliphatic rings. The van der Waals surface area contributed by atoms with Crippen molar-refractivity contribution in [1.29, 1.82) is 0 Å². The van der Waals surface area contributed by atoms with Crippen LogP contribution in [0.5, 0.6) is 0 Å². The number of carbonyl (C=O) groups excluding carboxylic acids is 2. The number of nitrogens with one attached hydrogen (secondary N) is 1. The molecule has 0 bridgehead atoms. The third-order valence-corrected chi connectivity index (χ3v) is 6.62. The van der Waals surface area contributed by atoms with Crippen LogP contribution in [0, 0.1) is 0 Å². The number of aromatic nitrogens is 1. The molecular formula is C30H34N2O3. The van der Waals surface area contributed by atoms with Gasteiger partial charge in [0.2, 0.25) is 0 Å². The summed E-state index contributed by atoms with van der Waals surface area (Å²) < 4.78 is 5.47. The molecule has 1 atom stereocenters. The number of pyridine rings is 1. The summed E-state index contributed by atoms with van der Waals surface area (Å²) in [7, 11) is 0. The fourth-order valence-corrected chi connectivity index (χ4v) is 4.41. The van der Waals surface area contributed by atoms with Gasteiger partial charge >= 0.3 is 5.97 Å². The monoisotopic (exact) mass is 470 g/mol. The van der Waals surface area contributed by atoms with Gasteiger partial charge < -0.3 is 10.1 Å². The molecule has 1 amide bonds. The lowest BCUT2D eigenvalue weighted by Gasteiger charge is -2.18. The zero-order chi connectivity index (χ0) is 25.2. The molecule has 0 radical (unpaired) electrons. The third kappa shape index (κ3) is 5.45. The van der Waals surface area contributed by atoms with Crippen molar-refractivity contribution in [3.8, 4) is 0 Å². The molecule has 0 fully saturated rings. The highest BCUT2D eigenvalue weighted by molar-refractivity contribution is 6.07. The van der Waals surface area contributed by atoms with Gasteiger partial charge in [-0.3, -0.25) is 4.79 Å². The fraction of sp³-hybridized carbons (Fsp3) is 0.367. The van der Waals surface area contributed by atoms with E-state index in [2.05, 4.69) is 56.4 Å². The standard InChI is InChI=1S/C30H34N2O3/c1-6-19(2)31-26(33)18-35-29(34)27-23-9-7-8-10-25(23)32-28-21(13-16-24(27)28)17-20-11-14-22(15-12-20)30(3,4)5/h7-12,14-15,17,19H,6,13,16,18H2,1-5H3,(H,31,33). The van der Waals surface area contributed by atoms with E-state index in [1.54, 1.807) is 0 Å². The number of para-hydroxylation sites is 1. The topological polar surface area (TPSA) is 68.3 Å². The third-order valence-electron chi connectivity index (χ3n) is 6.62. The van der Waals surface area contributed by atoms with Gasteiger partial charge in [-0.1, -0.05) is 70.2 Å². The van der Waals surface area contributed by atoms with Crippen LogP contribution in [-0.2, 0) is 21.4 Å². The van der Waals surface area contributed by atoms with E-state index in [1.807, 2.05) is 38.1 Å². The quantitative estimate of drug-likeness (QED) is 0.443. The molecule has 1 heterocycles. The minimum Gasteiger partial charge on any atom is -0.452 e. The lowest BCUT2D eigenvalue weighted by molar-refractivity contribution is -0.124. The highest BCUT2D eigenvalue weighted by atomic mass is 16.5. The van der Waals surface area contributed by atoms with E-state index in [4.69, 9.17) is 9.72 Å². The van der Waals surface area contributed by atoms with Crippen LogP contribution < -0.4 is 5.32 Å². The van der Waals surface area contributed by atoms with Gasteiger partial charge in [0.15, 0.2) is 6.61 Å². The van der Waals surface area contributed by atoms with Gasteiger partial charge in [0.05, 0.1) is 16.8 Å². The molecule has 1 N–H and O–H groups in total. The molecule has 0 spiro atoms. The molecule has 5 heteroatoms. The van der Waals surface area contributed by atoms with Crippen molar-refractivity contribution >= 4 is 34.4 Å². The summed E-state index contributed by atoms with van der Waals surface area (Å²) in [6.45, 7) is 10.2. The Balaban J connectivity index is 1.66. The molecule has 3 aromatic rings. The number of fused-ring (bicyclic) bond motifs is 2. The zero-order valence-corrected chi connectivity index (χ0v) is 21.3. The van der Waals surface area contributed by atoms with Crippen molar-refractivity contribution in [2.24, 2.45) is 0 Å². The normalized spacial score (nSPS) is 15.2. The average Bonchev–Trinajstić information content (AvgIpc) is 3.22. The second-order valence-electron chi connectivity index (χ2n) is 10.3. The molecule has 5 nitrogen and oxygen atoms in total. The minimum absolute atomic E-state index is 0.0392. The Morgan fingerprint density at radius 3 is 2.49 bits per heavy atom. The van der Waals surface area contributed by atoms with E-state index < -0.39 is 5.97 Å². The number of hydrogen-bond donors (Lipinski definition) is 1. The number of nitrogens with zero attached hydrogens (tertiary/aromatic N) is 1. The molecule has 0 saturated carbocycles. The van der Waals surface area contributed by atoms with Crippen LogP contribution in [0.2, 0.25) is 0 Å². The predicted octanol–water partition coefficient (Wildman–Crippen LogP) is 6.09. The number of esters is 1. The van der Waals surface area contributed by atoms with Crippen molar-refractivity contribution in [2.75, 3.05) is 6.61 Å². The summed E-state index contributed by atoms with van der Waals surface area (Å²) in [5.74, 6) is -0.767. The molecule has 4 rings (SSSR count). The SMILES string of the molecule is CCC(C)NC(=O)COC(=O)c1c2c(nc3ccccc13)C(=Cc1ccc(C(C)(C)C)cc1)CC2. The molecular weight excluding hydrogens is 436 g/mol. The molecule has 1 unspecified atom stereocenters. The lowest BCUT2D eigenvalue weighted by atomic mass is 9.86. The maximum absolute atomic E-state index is 13.2. The first-order valence-electron chi connectivity index (χ1n) is 12.4. The van der Waals surface area contributed by atoms with Crippen molar-refractivity contribution in [3.63, 3.8) is 0 Å². The highest BCUT2D eigenvalue weighted by Crippen LogP contribution is 2.38.